The molecule has 0 aromatic heterocycles. The van der Waals surface area contributed by atoms with E-state index in [9.17, 15) is 32.5 Å². The third-order valence-corrected chi connectivity index (χ3v) is 13.9. The molecule has 1 unspecified atom stereocenters. The van der Waals surface area contributed by atoms with E-state index in [1.165, 1.54) is 42.6 Å². The van der Waals surface area contributed by atoms with Crippen LogP contribution in [0.4, 0.5) is 4.79 Å². The van der Waals surface area contributed by atoms with Gasteiger partial charge in [-0.05, 0) is 81.5 Å². The lowest BCUT2D eigenvalue weighted by atomic mass is 10.0. The Morgan fingerprint density at radius 2 is 1.58 bits per heavy atom. The van der Waals surface area contributed by atoms with Gasteiger partial charge in [0.2, 0.25) is 17.4 Å². The summed E-state index contributed by atoms with van der Waals surface area (Å²) in [5, 5.41) is 14.5. The number of esters is 2. The number of aliphatic hydroxyl groups excluding tert-OH is 1. The van der Waals surface area contributed by atoms with E-state index in [1.807, 2.05) is 13.8 Å². The van der Waals surface area contributed by atoms with E-state index in [0.717, 1.165) is 0 Å². The molecule has 2 aliphatic heterocycles. The first kappa shape index (κ1) is 47.9. The van der Waals surface area contributed by atoms with Crippen LogP contribution in [0.2, 0.25) is 0 Å². The van der Waals surface area contributed by atoms with Gasteiger partial charge in [-0.1, -0.05) is 32.9 Å². The van der Waals surface area contributed by atoms with Crippen LogP contribution in [0.5, 0.6) is 11.5 Å². The molecule has 2 aliphatic rings. The van der Waals surface area contributed by atoms with Gasteiger partial charge in [0, 0.05) is 19.3 Å². The predicted molar refractivity (Wildman–Crippen MR) is 215 cm³/mol. The fourth-order valence-electron chi connectivity index (χ4n) is 6.71. The number of carbonyl (C=O) groups excluding carboxylic acids is 3. The average molecular weight is 871 g/mol. The average Bonchev–Trinajstić information content (AvgIpc) is 3.82. The highest BCUT2D eigenvalue weighted by Gasteiger charge is 2.44. The lowest BCUT2D eigenvalue weighted by Gasteiger charge is -2.31. The van der Waals surface area contributed by atoms with Crippen molar-refractivity contribution in [3.05, 3.63) is 54.1 Å². The third kappa shape index (κ3) is 13.9. The Morgan fingerprint density at radius 3 is 2.20 bits per heavy atom. The Balaban J connectivity index is 1.53. The first-order valence-electron chi connectivity index (χ1n) is 19.8. The number of benzene rings is 2. The summed E-state index contributed by atoms with van der Waals surface area (Å²) in [4.78, 5) is 38.1. The molecule has 8 atom stereocenters. The Bertz CT molecular complexity index is 1800. The van der Waals surface area contributed by atoms with Crippen LogP contribution in [0, 0.1) is 17.8 Å². The monoisotopic (exact) mass is 870 g/mol. The molecule has 1 amide bonds. The highest BCUT2D eigenvalue weighted by Crippen LogP contribution is 2.50. The lowest BCUT2D eigenvalue weighted by Crippen LogP contribution is -2.51. The van der Waals surface area contributed by atoms with Gasteiger partial charge in [-0.15, -0.1) is 0 Å². The summed E-state index contributed by atoms with van der Waals surface area (Å²) in [7, 11) is -6.41. The second-order valence-corrected chi connectivity index (χ2v) is 19.4. The highest BCUT2D eigenvalue weighted by atomic mass is 32.2. The van der Waals surface area contributed by atoms with Gasteiger partial charge < -0.3 is 48.1 Å². The molecule has 2 fully saturated rings. The van der Waals surface area contributed by atoms with Gasteiger partial charge in [0.1, 0.15) is 17.6 Å². The Kier molecular flexibility index (Phi) is 18.0. The normalized spacial score (nSPS) is 20.8. The molecule has 2 aromatic carbocycles. The molecule has 0 aliphatic carbocycles. The van der Waals surface area contributed by atoms with Crippen molar-refractivity contribution >= 4 is 35.4 Å². The van der Waals surface area contributed by atoms with Crippen molar-refractivity contribution in [2.24, 2.45) is 17.8 Å². The molecule has 0 bridgehead atoms. The zero-order chi connectivity index (χ0) is 43.3. The van der Waals surface area contributed by atoms with Crippen LogP contribution in [-0.4, -0.2) is 126 Å². The second-order valence-electron chi connectivity index (χ2n) is 14.9. The van der Waals surface area contributed by atoms with Crippen molar-refractivity contribution in [2.45, 2.75) is 89.9 Å². The predicted octanol–water partition coefficient (Wildman–Crippen LogP) is 4.58. The number of hydrogen-bond acceptors (Lipinski definition) is 15. The van der Waals surface area contributed by atoms with Gasteiger partial charge >= 0.3 is 18.0 Å². The maximum absolute atomic E-state index is 14.0. The maximum atomic E-state index is 14.0. The first-order valence-corrected chi connectivity index (χ1v) is 23.3. The van der Waals surface area contributed by atoms with Gasteiger partial charge in [0.05, 0.1) is 62.4 Å². The highest BCUT2D eigenvalue weighted by molar-refractivity contribution is 7.89. The summed E-state index contributed by atoms with van der Waals surface area (Å²) in [6.45, 7) is 10.5. The summed E-state index contributed by atoms with van der Waals surface area (Å²) in [5.41, 5.74) is 0.620. The van der Waals surface area contributed by atoms with Crippen LogP contribution in [0.25, 0.3) is 0 Å². The molecule has 17 nitrogen and oxygen atoms in total. The lowest BCUT2D eigenvalue weighted by molar-refractivity contribution is -0.150. The SMILES string of the molecule is CCOC(=O)[C@H](C)CP(=O)(COc1ccc(C[C@H](NC(=O)O[C@H]2CO[C@H]3OCC[C@H]32)[C@H](O)CN(CC(C)C)S(=O)(=O)c2ccc(OC)cc2)cc1)O[C@@H](C)C(=O)OCC. The second kappa shape index (κ2) is 22.2. The van der Waals surface area contributed by atoms with E-state index < -0.39 is 78.3 Å². The van der Waals surface area contributed by atoms with Crippen molar-refractivity contribution in [1.29, 1.82) is 0 Å². The van der Waals surface area contributed by atoms with Crippen LogP contribution in [-0.2, 0) is 58.8 Å². The van der Waals surface area contributed by atoms with E-state index in [-0.39, 0.29) is 68.0 Å². The molecule has 0 radical (unpaired) electrons. The van der Waals surface area contributed by atoms with Gasteiger partial charge in [-0.2, -0.15) is 4.31 Å². The Labute approximate surface area is 346 Å². The van der Waals surface area contributed by atoms with Crippen LogP contribution in [0.15, 0.2) is 53.4 Å². The summed E-state index contributed by atoms with van der Waals surface area (Å²) >= 11 is 0. The summed E-state index contributed by atoms with van der Waals surface area (Å²) in [6, 6.07) is 11.4. The van der Waals surface area contributed by atoms with Crippen LogP contribution in [0.1, 0.15) is 53.5 Å². The summed E-state index contributed by atoms with van der Waals surface area (Å²) in [5.74, 6) is -1.58. The molecule has 2 aromatic rings. The molecule has 2 saturated heterocycles. The fourth-order valence-corrected chi connectivity index (χ4v) is 10.6. The number of aliphatic hydroxyl groups is 1. The minimum Gasteiger partial charge on any atom is -0.497 e. The molecule has 0 saturated carbocycles. The van der Waals surface area contributed by atoms with E-state index in [1.54, 1.807) is 45.0 Å². The van der Waals surface area contributed by atoms with Gasteiger partial charge in [-0.25, -0.2) is 18.0 Å². The zero-order valence-electron chi connectivity index (χ0n) is 34.8. The van der Waals surface area contributed by atoms with Gasteiger partial charge in [0.15, 0.2) is 18.7 Å². The van der Waals surface area contributed by atoms with Crippen molar-refractivity contribution in [1.82, 2.24) is 9.62 Å². The van der Waals surface area contributed by atoms with Crippen molar-refractivity contribution in [3.8, 4) is 11.5 Å². The fraction of sp³-hybridized carbons (Fsp3) is 0.625. The molecule has 0 spiro atoms. The van der Waals surface area contributed by atoms with Crippen molar-refractivity contribution in [2.75, 3.05) is 59.1 Å². The Hall–Kier alpha value is -3.77. The number of sulfonamides is 1. The third-order valence-electron chi connectivity index (χ3n) is 9.68. The van der Waals surface area contributed by atoms with Crippen LogP contribution in [0.3, 0.4) is 0 Å². The van der Waals surface area contributed by atoms with Gasteiger partial charge in [-0.3, -0.25) is 9.36 Å². The zero-order valence-corrected chi connectivity index (χ0v) is 36.5. The quantitative estimate of drug-likeness (QED) is 0.0889. The summed E-state index contributed by atoms with van der Waals surface area (Å²) in [6.07, 6.45) is -4.45. The molecule has 4 rings (SSSR count). The number of carbonyl (C=O) groups is 3. The number of nitrogens with one attached hydrogen (secondary N) is 1. The molecular formula is C40H59N2O15PS. The number of fused-ring (bicyclic) bond motifs is 1. The maximum Gasteiger partial charge on any atom is 0.407 e. The summed E-state index contributed by atoms with van der Waals surface area (Å²) < 4.78 is 86.8. The number of hydrogen-bond donors (Lipinski definition) is 2. The molecule has 59 heavy (non-hydrogen) atoms. The molecule has 330 valence electrons. The smallest absolute Gasteiger partial charge is 0.407 e. The van der Waals surface area contributed by atoms with E-state index in [0.29, 0.717) is 24.3 Å². The molecule has 19 heteroatoms. The number of rotatable bonds is 23. The van der Waals surface area contributed by atoms with Crippen LogP contribution < -0.4 is 14.8 Å². The number of nitrogens with zero attached hydrogens (tertiary/aromatic N) is 1. The minimum atomic E-state index is -4.09. The molecule has 2 N–H and O–H groups in total. The van der Waals surface area contributed by atoms with Crippen molar-refractivity contribution in [3.63, 3.8) is 0 Å². The number of ether oxygens (including phenoxy) is 7. The van der Waals surface area contributed by atoms with E-state index in [4.69, 9.17) is 37.7 Å². The largest absolute Gasteiger partial charge is 0.497 e. The van der Waals surface area contributed by atoms with Gasteiger partial charge in [0.25, 0.3) is 0 Å². The number of methoxy groups -OCH3 is 1. The Morgan fingerprint density at radius 1 is 0.932 bits per heavy atom. The van der Waals surface area contributed by atoms with E-state index >= 15 is 0 Å². The molecule has 2 heterocycles. The minimum absolute atomic E-state index is 0.0147. The van der Waals surface area contributed by atoms with Crippen LogP contribution >= 0.6 is 7.37 Å². The topological polar surface area (TPSA) is 212 Å². The van der Waals surface area contributed by atoms with E-state index in [2.05, 4.69) is 5.32 Å². The molecular weight excluding hydrogens is 811 g/mol. The first-order chi connectivity index (χ1) is 28.0. The van der Waals surface area contributed by atoms with Crippen molar-refractivity contribution < 1.29 is 70.2 Å². The standard InChI is InChI=1S/C40H59N2O15PS/c1-8-51-37(44)27(5)24-58(47,57-28(6)38(45)52-9-2)25-55-31-12-10-29(11-13-31)20-34(41-40(46)56-36-23-54-39-33(36)18-19-53-39)35(43)22-42(21-26(3)4)59(48,49)32-16-14-30(50-7)15-17-32/h10-17,26-28,33-36,39,43H,8-9,18-25H2,1-7H3,(H,41,46)/t27-,28+,33+,34+,35-,36+,39-,58?/m1/s1. The number of amides is 1. The number of alkyl carbamates (subject to hydrolysis) is 1.